The first kappa shape index (κ1) is 15.3. The third-order valence-electron chi connectivity index (χ3n) is 3.40. The molecule has 2 rings (SSSR count). The van der Waals surface area contributed by atoms with Crippen molar-refractivity contribution in [3.63, 3.8) is 0 Å². The largest absolute Gasteiger partial charge is 0.481 e. The van der Waals surface area contributed by atoms with E-state index < -0.39 is 12.1 Å². The smallest absolute Gasteiger partial charge is 0.320 e. The van der Waals surface area contributed by atoms with Crippen LogP contribution in [0.3, 0.4) is 0 Å². The van der Waals surface area contributed by atoms with E-state index in [9.17, 15) is 9.59 Å². The second kappa shape index (κ2) is 7.08. The van der Waals surface area contributed by atoms with Crippen LogP contribution in [0.25, 0.3) is 0 Å². The SMILES string of the molecule is CN(Cc1ccccc1)C(=O)N1CCOC(CC(=O)O)C1. The Kier molecular flexibility index (Phi) is 5.16. The van der Waals surface area contributed by atoms with Crippen LogP contribution in [0.4, 0.5) is 4.79 Å². The van der Waals surface area contributed by atoms with Crippen LogP contribution in [-0.4, -0.2) is 59.8 Å². The molecule has 1 unspecified atom stereocenters. The highest BCUT2D eigenvalue weighted by molar-refractivity contribution is 5.74. The van der Waals surface area contributed by atoms with Crippen molar-refractivity contribution in [1.29, 1.82) is 0 Å². The molecule has 1 aliphatic rings. The molecule has 2 amide bonds. The summed E-state index contributed by atoms with van der Waals surface area (Å²) in [7, 11) is 1.75. The predicted molar refractivity (Wildman–Crippen MR) is 76.9 cm³/mol. The number of rotatable bonds is 4. The van der Waals surface area contributed by atoms with Gasteiger partial charge in [0, 0.05) is 26.7 Å². The van der Waals surface area contributed by atoms with E-state index >= 15 is 0 Å². The number of hydrogen-bond donors (Lipinski definition) is 1. The number of carboxylic acids is 1. The molecule has 6 heteroatoms. The summed E-state index contributed by atoms with van der Waals surface area (Å²) in [5.74, 6) is -0.910. The molecule has 1 heterocycles. The Morgan fingerprint density at radius 2 is 2.10 bits per heavy atom. The van der Waals surface area contributed by atoms with Gasteiger partial charge in [-0.2, -0.15) is 0 Å². The predicted octanol–water partition coefficient (Wildman–Crippen LogP) is 1.41. The van der Waals surface area contributed by atoms with Gasteiger partial charge in [0.25, 0.3) is 0 Å². The van der Waals surface area contributed by atoms with Crippen molar-refractivity contribution in [2.45, 2.75) is 19.1 Å². The highest BCUT2D eigenvalue weighted by atomic mass is 16.5. The topological polar surface area (TPSA) is 70.1 Å². The van der Waals surface area contributed by atoms with Gasteiger partial charge in [0.05, 0.1) is 19.1 Å². The summed E-state index contributed by atoms with van der Waals surface area (Å²) in [5.41, 5.74) is 1.06. The molecule has 0 bridgehead atoms. The van der Waals surface area contributed by atoms with Crippen molar-refractivity contribution in [2.75, 3.05) is 26.7 Å². The third kappa shape index (κ3) is 4.46. The number of amides is 2. The zero-order valence-corrected chi connectivity index (χ0v) is 12.1. The van der Waals surface area contributed by atoms with Crippen LogP contribution >= 0.6 is 0 Å². The number of carboxylic acid groups (broad SMARTS) is 1. The van der Waals surface area contributed by atoms with Gasteiger partial charge in [-0.1, -0.05) is 30.3 Å². The van der Waals surface area contributed by atoms with Crippen LogP contribution in [0.5, 0.6) is 0 Å². The van der Waals surface area contributed by atoms with Crippen molar-refractivity contribution in [2.24, 2.45) is 0 Å². The van der Waals surface area contributed by atoms with Crippen LogP contribution in [-0.2, 0) is 16.1 Å². The van der Waals surface area contributed by atoms with E-state index in [2.05, 4.69) is 0 Å². The Balaban J connectivity index is 1.91. The average molecular weight is 292 g/mol. The fraction of sp³-hybridized carbons (Fsp3) is 0.467. The van der Waals surface area contributed by atoms with Gasteiger partial charge in [-0.05, 0) is 5.56 Å². The van der Waals surface area contributed by atoms with Gasteiger partial charge in [-0.3, -0.25) is 4.79 Å². The second-order valence-electron chi connectivity index (χ2n) is 5.16. The minimum Gasteiger partial charge on any atom is -0.481 e. The minimum atomic E-state index is -0.910. The summed E-state index contributed by atoms with van der Waals surface area (Å²) in [6.45, 7) is 1.72. The van der Waals surface area contributed by atoms with Crippen LogP contribution in [0.1, 0.15) is 12.0 Å². The lowest BCUT2D eigenvalue weighted by Crippen LogP contribution is -2.50. The number of benzene rings is 1. The normalized spacial score (nSPS) is 18.3. The first-order chi connectivity index (χ1) is 10.1. The van der Waals surface area contributed by atoms with E-state index in [1.807, 2.05) is 30.3 Å². The molecule has 1 N–H and O–H groups in total. The summed E-state index contributed by atoms with van der Waals surface area (Å²) < 4.78 is 5.37. The number of hydrogen-bond acceptors (Lipinski definition) is 3. The number of morpholine rings is 1. The van der Waals surface area contributed by atoms with E-state index in [-0.39, 0.29) is 12.5 Å². The summed E-state index contributed by atoms with van der Waals surface area (Å²) in [6.07, 6.45) is -0.503. The zero-order chi connectivity index (χ0) is 15.2. The van der Waals surface area contributed by atoms with E-state index in [1.165, 1.54) is 0 Å². The molecule has 6 nitrogen and oxygen atoms in total. The van der Waals surface area contributed by atoms with Gasteiger partial charge < -0.3 is 19.6 Å². The first-order valence-corrected chi connectivity index (χ1v) is 6.93. The van der Waals surface area contributed by atoms with E-state index in [0.29, 0.717) is 26.2 Å². The fourth-order valence-corrected chi connectivity index (χ4v) is 2.38. The molecular weight excluding hydrogens is 272 g/mol. The molecule has 0 aliphatic carbocycles. The van der Waals surface area contributed by atoms with Crippen LogP contribution in [0.2, 0.25) is 0 Å². The molecule has 0 saturated carbocycles. The Bertz CT molecular complexity index is 492. The molecule has 1 saturated heterocycles. The number of aliphatic carboxylic acids is 1. The van der Waals surface area contributed by atoms with Crippen LogP contribution < -0.4 is 0 Å². The lowest BCUT2D eigenvalue weighted by atomic mass is 10.2. The molecule has 21 heavy (non-hydrogen) atoms. The van der Waals surface area contributed by atoms with Gasteiger partial charge >= 0.3 is 12.0 Å². The molecule has 1 atom stereocenters. The number of carbonyl (C=O) groups is 2. The summed E-state index contributed by atoms with van der Waals surface area (Å²) >= 11 is 0. The first-order valence-electron chi connectivity index (χ1n) is 6.93. The summed E-state index contributed by atoms with van der Waals surface area (Å²) in [6, 6.07) is 9.64. The number of urea groups is 1. The van der Waals surface area contributed by atoms with Gasteiger partial charge in [0.2, 0.25) is 0 Å². The number of nitrogens with zero attached hydrogens (tertiary/aromatic N) is 2. The van der Waals surface area contributed by atoms with Gasteiger partial charge in [-0.25, -0.2) is 4.79 Å². The maximum atomic E-state index is 12.4. The number of carbonyl (C=O) groups excluding carboxylic acids is 1. The van der Waals surface area contributed by atoms with Gasteiger partial charge in [0.15, 0.2) is 0 Å². The molecule has 1 aliphatic heterocycles. The second-order valence-corrected chi connectivity index (χ2v) is 5.16. The molecule has 1 aromatic rings. The molecule has 0 spiro atoms. The van der Waals surface area contributed by atoms with Crippen molar-refractivity contribution < 1.29 is 19.4 Å². The van der Waals surface area contributed by atoms with Crippen LogP contribution in [0.15, 0.2) is 30.3 Å². The summed E-state index contributed by atoms with van der Waals surface area (Å²) in [5, 5.41) is 8.80. The fourth-order valence-electron chi connectivity index (χ4n) is 2.38. The van der Waals surface area contributed by atoms with Gasteiger partial charge in [-0.15, -0.1) is 0 Å². The van der Waals surface area contributed by atoms with Crippen molar-refractivity contribution >= 4 is 12.0 Å². The molecular formula is C15H20N2O4. The van der Waals surface area contributed by atoms with E-state index in [0.717, 1.165) is 5.56 Å². The highest BCUT2D eigenvalue weighted by Gasteiger charge is 2.27. The van der Waals surface area contributed by atoms with Crippen molar-refractivity contribution in [1.82, 2.24) is 9.80 Å². The molecule has 0 aromatic heterocycles. The zero-order valence-electron chi connectivity index (χ0n) is 12.1. The maximum absolute atomic E-state index is 12.4. The average Bonchev–Trinajstić information content (AvgIpc) is 2.47. The lowest BCUT2D eigenvalue weighted by molar-refractivity contribution is -0.141. The maximum Gasteiger partial charge on any atom is 0.320 e. The van der Waals surface area contributed by atoms with Crippen molar-refractivity contribution in [3.8, 4) is 0 Å². The molecule has 0 radical (unpaired) electrons. The highest BCUT2D eigenvalue weighted by Crippen LogP contribution is 2.12. The minimum absolute atomic E-state index is 0.0772. The summed E-state index contributed by atoms with van der Waals surface area (Å²) in [4.78, 5) is 26.4. The Morgan fingerprint density at radius 1 is 1.38 bits per heavy atom. The van der Waals surface area contributed by atoms with Crippen LogP contribution in [0, 0.1) is 0 Å². The number of ether oxygens (including phenoxy) is 1. The van der Waals surface area contributed by atoms with Gasteiger partial charge in [0.1, 0.15) is 0 Å². The Hall–Kier alpha value is -2.08. The standard InChI is InChI=1S/C15H20N2O4/c1-16(10-12-5-3-2-4-6-12)15(20)17-7-8-21-13(11-17)9-14(18)19/h2-6,13H,7-11H2,1H3,(H,18,19). The molecule has 1 aromatic carbocycles. The monoisotopic (exact) mass is 292 g/mol. The lowest BCUT2D eigenvalue weighted by Gasteiger charge is -2.35. The Labute approximate surface area is 123 Å². The van der Waals surface area contributed by atoms with E-state index in [4.69, 9.17) is 9.84 Å². The molecule has 1 fully saturated rings. The Morgan fingerprint density at radius 3 is 2.76 bits per heavy atom. The molecule has 114 valence electrons. The quantitative estimate of drug-likeness (QED) is 0.911. The van der Waals surface area contributed by atoms with E-state index in [1.54, 1.807) is 16.8 Å². The third-order valence-corrected chi connectivity index (χ3v) is 3.40. The van der Waals surface area contributed by atoms with Crippen molar-refractivity contribution in [3.05, 3.63) is 35.9 Å².